The van der Waals surface area contributed by atoms with E-state index in [1.807, 2.05) is 0 Å². The van der Waals surface area contributed by atoms with E-state index in [4.69, 9.17) is 0 Å². The zero-order chi connectivity index (χ0) is 14.8. The van der Waals surface area contributed by atoms with Gasteiger partial charge in [0.25, 0.3) is 0 Å². The molecule has 0 aliphatic carbocycles. The summed E-state index contributed by atoms with van der Waals surface area (Å²) < 4.78 is 47.2. The highest BCUT2D eigenvalue weighted by Crippen LogP contribution is 2.19. The molecule has 19 heavy (non-hydrogen) atoms. The second-order valence-electron chi connectivity index (χ2n) is 5.09. The maximum Gasteiger partial charge on any atom is 0.235 e. The number of carbonyl (C=O) groups excluding carboxylic acids is 1. The molecule has 0 radical (unpaired) electrons. The lowest BCUT2D eigenvalue weighted by molar-refractivity contribution is -0.122. The van der Waals surface area contributed by atoms with Gasteiger partial charge in [-0.15, -0.1) is 0 Å². The highest BCUT2D eigenvalue weighted by atomic mass is 32.2. The monoisotopic (exact) mass is 312 g/mol. The quantitative estimate of drug-likeness (QED) is 0.699. The van der Waals surface area contributed by atoms with Gasteiger partial charge in [0, 0.05) is 12.1 Å². The SMILES string of the molecule is CC(C)NC(=O)CN(C1CCS(=O)(=O)C1)S(C)(=O)=O. The lowest BCUT2D eigenvalue weighted by Gasteiger charge is -2.25. The first-order valence-electron chi connectivity index (χ1n) is 5.98. The van der Waals surface area contributed by atoms with E-state index in [-0.39, 0.29) is 30.5 Å². The Labute approximate surface area is 114 Å². The van der Waals surface area contributed by atoms with Crippen LogP contribution in [0, 0.1) is 0 Å². The van der Waals surface area contributed by atoms with Gasteiger partial charge in [-0.25, -0.2) is 16.8 Å². The lowest BCUT2D eigenvalue weighted by atomic mass is 10.2. The van der Waals surface area contributed by atoms with Crippen LogP contribution in [0.3, 0.4) is 0 Å². The van der Waals surface area contributed by atoms with Crippen LogP contribution in [0.1, 0.15) is 20.3 Å². The van der Waals surface area contributed by atoms with Crippen molar-refractivity contribution in [2.75, 3.05) is 24.3 Å². The molecule has 0 aromatic rings. The molecule has 0 aromatic heterocycles. The summed E-state index contributed by atoms with van der Waals surface area (Å²) in [5, 5.41) is 2.60. The number of amides is 1. The summed E-state index contributed by atoms with van der Waals surface area (Å²) in [7, 11) is -6.82. The average Bonchev–Trinajstić information content (AvgIpc) is 2.52. The second-order valence-corrected chi connectivity index (χ2v) is 9.25. The lowest BCUT2D eigenvalue weighted by Crippen LogP contribution is -2.47. The fraction of sp³-hybridized carbons (Fsp3) is 0.900. The standard InChI is InChI=1S/C10H20N2O5S2/c1-8(2)11-10(13)6-12(18(3,14)15)9-4-5-19(16,17)7-9/h8-9H,4-7H2,1-3H3,(H,11,13). The van der Waals surface area contributed by atoms with Gasteiger partial charge < -0.3 is 5.32 Å². The zero-order valence-electron chi connectivity index (χ0n) is 11.3. The van der Waals surface area contributed by atoms with Crippen molar-refractivity contribution in [2.45, 2.75) is 32.4 Å². The Morgan fingerprint density at radius 2 is 2.00 bits per heavy atom. The molecule has 112 valence electrons. The summed E-state index contributed by atoms with van der Waals surface area (Å²) in [5.74, 6) is -0.672. The number of hydrogen-bond acceptors (Lipinski definition) is 5. The molecular formula is C10H20N2O5S2. The van der Waals surface area contributed by atoms with Crippen LogP contribution in [-0.2, 0) is 24.7 Å². The Bertz CT molecular complexity index is 538. The third-order valence-corrected chi connectivity index (χ3v) is 5.82. The molecule has 1 unspecified atom stereocenters. The van der Waals surface area contributed by atoms with Gasteiger partial charge in [0.2, 0.25) is 15.9 Å². The van der Waals surface area contributed by atoms with Crippen molar-refractivity contribution in [1.29, 1.82) is 0 Å². The summed E-state index contributed by atoms with van der Waals surface area (Å²) >= 11 is 0. The van der Waals surface area contributed by atoms with E-state index in [2.05, 4.69) is 5.32 Å². The van der Waals surface area contributed by atoms with Crippen LogP contribution in [0.2, 0.25) is 0 Å². The van der Waals surface area contributed by atoms with Crippen molar-refractivity contribution >= 4 is 25.8 Å². The molecular weight excluding hydrogens is 292 g/mol. The highest BCUT2D eigenvalue weighted by Gasteiger charge is 2.37. The van der Waals surface area contributed by atoms with Crippen LogP contribution < -0.4 is 5.32 Å². The predicted octanol–water partition coefficient (Wildman–Crippen LogP) is -1.04. The number of sulfone groups is 1. The first kappa shape index (κ1) is 16.4. The number of nitrogens with one attached hydrogen (secondary N) is 1. The molecule has 0 aromatic carbocycles. The number of hydrogen-bond donors (Lipinski definition) is 1. The van der Waals surface area contributed by atoms with Crippen molar-refractivity contribution in [3.8, 4) is 0 Å². The molecule has 0 bridgehead atoms. The average molecular weight is 312 g/mol. The van der Waals surface area contributed by atoms with Crippen molar-refractivity contribution in [2.24, 2.45) is 0 Å². The van der Waals surface area contributed by atoms with Gasteiger partial charge in [0.15, 0.2) is 9.84 Å². The van der Waals surface area contributed by atoms with Crippen LogP contribution in [0.5, 0.6) is 0 Å². The zero-order valence-corrected chi connectivity index (χ0v) is 12.9. The van der Waals surface area contributed by atoms with Crippen LogP contribution >= 0.6 is 0 Å². The van der Waals surface area contributed by atoms with Gasteiger partial charge in [-0.3, -0.25) is 4.79 Å². The minimum atomic E-state index is -3.62. The molecule has 9 heteroatoms. The van der Waals surface area contributed by atoms with E-state index in [0.717, 1.165) is 10.6 Å². The van der Waals surface area contributed by atoms with Gasteiger partial charge >= 0.3 is 0 Å². The third kappa shape index (κ3) is 5.07. The van der Waals surface area contributed by atoms with Crippen LogP contribution in [-0.4, -0.2) is 63.4 Å². The normalized spacial score (nSPS) is 22.9. The molecule has 1 rings (SSSR count). The summed E-state index contributed by atoms with van der Waals surface area (Å²) in [6.45, 7) is 3.20. The van der Waals surface area contributed by atoms with Crippen LogP contribution in [0.15, 0.2) is 0 Å². The van der Waals surface area contributed by atoms with E-state index in [9.17, 15) is 21.6 Å². The highest BCUT2D eigenvalue weighted by molar-refractivity contribution is 7.92. The minimum Gasteiger partial charge on any atom is -0.353 e. The fourth-order valence-electron chi connectivity index (χ4n) is 2.03. The van der Waals surface area contributed by atoms with Crippen LogP contribution in [0.4, 0.5) is 0 Å². The molecule has 7 nitrogen and oxygen atoms in total. The first-order chi connectivity index (χ1) is 8.51. The minimum absolute atomic E-state index is 0.0323. The Balaban J connectivity index is 2.83. The van der Waals surface area contributed by atoms with Gasteiger partial charge in [0.1, 0.15) is 0 Å². The molecule has 1 N–H and O–H groups in total. The van der Waals surface area contributed by atoms with Crippen LogP contribution in [0.25, 0.3) is 0 Å². The topological polar surface area (TPSA) is 101 Å². The summed E-state index contributed by atoms with van der Waals surface area (Å²) in [6.07, 6.45) is 1.23. The summed E-state index contributed by atoms with van der Waals surface area (Å²) in [6, 6.07) is -0.737. The molecule has 1 aliphatic heterocycles. The van der Waals surface area contributed by atoms with E-state index in [1.165, 1.54) is 0 Å². The largest absolute Gasteiger partial charge is 0.353 e. The molecule has 1 atom stereocenters. The van der Waals surface area contributed by atoms with Gasteiger partial charge in [-0.2, -0.15) is 4.31 Å². The number of carbonyl (C=O) groups is 1. The summed E-state index contributed by atoms with van der Waals surface area (Å²) in [4.78, 5) is 11.7. The predicted molar refractivity (Wildman–Crippen MR) is 71.9 cm³/mol. The van der Waals surface area contributed by atoms with E-state index >= 15 is 0 Å². The molecule has 1 aliphatic rings. The molecule has 0 spiro atoms. The van der Waals surface area contributed by atoms with Crippen molar-refractivity contribution < 1.29 is 21.6 Å². The van der Waals surface area contributed by atoms with Gasteiger partial charge in [-0.1, -0.05) is 0 Å². The Morgan fingerprint density at radius 1 is 1.42 bits per heavy atom. The first-order valence-corrected chi connectivity index (χ1v) is 9.65. The number of nitrogens with zero attached hydrogens (tertiary/aromatic N) is 1. The fourth-order valence-corrected chi connectivity index (χ4v) is 4.93. The smallest absolute Gasteiger partial charge is 0.235 e. The maximum absolute atomic E-state index is 11.7. The van der Waals surface area contributed by atoms with E-state index in [0.29, 0.717) is 0 Å². The Kier molecular flexibility index (Phi) is 4.97. The van der Waals surface area contributed by atoms with Gasteiger partial charge in [-0.05, 0) is 20.3 Å². The number of sulfonamides is 1. The van der Waals surface area contributed by atoms with E-state index in [1.54, 1.807) is 13.8 Å². The maximum atomic E-state index is 11.7. The summed E-state index contributed by atoms with van der Waals surface area (Å²) in [5.41, 5.74) is 0. The molecule has 1 saturated heterocycles. The molecule has 1 fully saturated rings. The third-order valence-electron chi connectivity index (χ3n) is 2.79. The second kappa shape index (κ2) is 5.76. The van der Waals surface area contributed by atoms with Crippen molar-refractivity contribution in [3.63, 3.8) is 0 Å². The van der Waals surface area contributed by atoms with Crippen molar-refractivity contribution in [3.05, 3.63) is 0 Å². The molecule has 1 heterocycles. The Morgan fingerprint density at radius 3 is 2.37 bits per heavy atom. The molecule has 1 amide bonds. The molecule has 0 saturated carbocycles. The Hall–Kier alpha value is -0.670. The van der Waals surface area contributed by atoms with Gasteiger partial charge in [0.05, 0.1) is 24.3 Å². The van der Waals surface area contributed by atoms with E-state index < -0.39 is 31.8 Å². The van der Waals surface area contributed by atoms with Crippen molar-refractivity contribution in [1.82, 2.24) is 9.62 Å². The number of rotatable bonds is 5.